The van der Waals surface area contributed by atoms with Crippen molar-refractivity contribution in [1.29, 1.82) is 0 Å². The highest BCUT2D eigenvalue weighted by molar-refractivity contribution is 6.30. The Morgan fingerprint density at radius 1 is 1.02 bits per heavy atom. The summed E-state index contributed by atoms with van der Waals surface area (Å²) >= 11 is 5.99. The second-order valence-electron chi connectivity index (χ2n) is 9.10. The summed E-state index contributed by atoms with van der Waals surface area (Å²) in [7, 11) is 0. The predicted octanol–water partition coefficient (Wildman–Crippen LogP) is 6.04. The lowest BCUT2D eigenvalue weighted by molar-refractivity contribution is -0.137. The molecule has 214 valence electrons. The number of aromatic nitrogens is 1. The van der Waals surface area contributed by atoms with E-state index in [1.807, 2.05) is 12.1 Å². The number of esters is 1. The molecule has 4 aromatic rings. The minimum absolute atomic E-state index is 0.0176. The number of halogens is 4. The SMILES string of the molecule is CCOC(=O)c1ccc(N(C(=O)CCl)C(C(=O)NCCc2cccc(C(F)(F)F)c2)c2c[nH]c3ccccc23)cc1. The van der Waals surface area contributed by atoms with Crippen LogP contribution in [0.3, 0.4) is 0 Å². The maximum absolute atomic E-state index is 13.8. The Balaban J connectivity index is 1.67. The number of ether oxygens (including phenoxy) is 1. The van der Waals surface area contributed by atoms with Gasteiger partial charge in [0.15, 0.2) is 0 Å². The summed E-state index contributed by atoms with van der Waals surface area (Å²) in [5.41, 5.74) is 1.43. The third-order valence-corrected chi connectivity index (χ3v) is 6.66. The number of alkyl halides is 4. The highest BCUT2D eigenvalue weighted by Crippen LogP contribution is 2.33. The molecule has 7 nitrogen and oxygen atoms in total. The van der Waals surface area contributed by atoms with Crippen LogP contribution in [0, 0.1) is 0 Å². The number of carbonyl (C=O) groups excluding carboxylic acids is 3. The van der Waals surface area contributed by atoms with Crippen molar-refractivity contribution in [3.63, 3.8) is 0 Å². The van der Waals surface area contributed by atoms with Gasteiger partial charge in [0.2, 0.25) is 11.8 Å². The summed E-state index contributed by atoms with van der Waals surface area (Å²) in [6.07, 6.45) is -2.72. The molecule has 0 saturated heterocycles. The Bertz CT molecular complexity index is 1540. The smallest absolute Gasteiger partial charge is 0.416 e. The number of benzene rings is 3. The first-order valence-corrected chi connectivity index (χ1v) is 13.3. The van der Waals surface area contributed by atoms with E-state index in [1.165, 1.54) is 35.2 Å². The quantitative estimate of drug-likeness (QED) is 0.175. The Morgan fingerprint density at radius 2 is 1.76 bits per heavy atom. The highest BCUT2D eigenvalue weighted by Gasteiger charge is 2.34. The van der Waals surface area contributed by atoms with Gasteiger partial charge in [0.1, 0.15) is 11.9 Å². The molecule has 0 saturated carbocycles. The lowest BCUT2D eigenvalue weighted by atomic mass is 10.0. The van der Waals surface area contributed by atoms with Crippen molar-refractivity contribution in [3.05, 3.63) is 101 Å². The molecule has 2 N–H and O–H groups in total. The van der Waals surface area contributed by atoms with Gasteiger partial charge in [0.05, 0.1) is 17.7 Å². The van der Waals surface area contributed by atoms with Crippen molar-refractivity contribution in [2.75, 3.05) is 23.9 Å². The molecule has 0 spiro atoms. The Kier molecular flexibility index (Phi) is 9.34. The van der Waals surface area contributed by atoms with E-state index in [0.29, 0.717) is 22.2 Å². The van der Waals surface area contributed by atoms with Gasteiger partial charge in [0, 0.05) is 34.9 Å². The number of carbonyl (C=O) groups is 3. The van der Waals surface area contributed by atoms with E-state index in [9.17, 15) is 27.6 Å². The molecular weight excluding hydrogens is 559 g/mol. The lowest BCUT2D eigenvalue weighted by Crippen LogP contribution is -2.45. The van der Waals surface area contributed by atoms with Crippen LogP contribution >= 0.6 is 11.6 Å². The fourth-order valence-corrected chi connectivity index (χ4v) is 4.65. The summed E-state index contributed by atoms with van der Waals surface area (Å²) in [4.78, 5) is 43.5. The van der Waals surface area contributed by atoms with Gasteiger partial charge >= 0.3 is 12.1 Å². The van der Waals surface area contributed by atoms with Crippen LogP contribution in [0.4, 0.5) is 18.9 Å². The van der Waals surface area contributed by atoms with Crippen molar-refractivity contribution in [3.8, 4) is 0 Å². The van der Waals surface area contributed by atoms with Crippen molar-refractivity contribution >= 4 is 46.0 Å². The second kappa shape index (κ2) is 12.9. The predicted molar refractivity (Wildman–Crippen MR) is 150 cm³/mol. The monoisotopic (exact) mass is 585 g/mol. The van der Waals surface area contributed by atoms with Crippen LogP contribution in [0.2, 0.25) is 0 Å². The van der Waals surface area contributed by atoms with Gasteiger partial charge in [-0.05, 0) is 55.3 Å². The van der Waals surface area contributed by atoms with Gasteiger partial charge in [-0.2, -0.15) is 13.2 Å². The van der Waals surface area contributed by atoms with E-state index in [1.54, 1.807) is 31.3 Å². The molecule has 0 aliphatic heterocycles. The number of H-pyrrole nitrogens is 1. The van der Waals surface area contributed by atoms with Crippen LogP contribution in [-0.2, 0) is 26.9 Å². The molecule has 0 bridgehead atoms. The van der Waals surface area contributed by atoms with Crippen LogP contribution in [0.1, 0.15) is 40.0 Å². The molecular formula is C30H27ClF3N3O4. The standard InChI is InChI=1S/C30H27ClF3N3O4/c1-2-41-29(40)20-10-12-22(13-11-20)37(26(38)17-31)27(24-18-36-25-9-4-3-8-23(24)25)28(39)35-15-14-19-6-5-7-21(16-19)30(32,33)34/h3-13,16,18,27,36H,2,14-15,17H2,1H3,(H,35,39). The summed E-state index contributed by atoms with van der Waals surface area (Å²) in [5.74, 6) is -2.10. The number of amides is 2. The van der Waals surface area contributed by atoms with E-state index in [4.69, 9.17) is 16.3 Å². The van der Waals surface area contributed by atoms with Crippen molar-refractivity contribution in [1.82, 2.24) is 10.3 Å². The molecule has 0 aliphatic carbocycles. The van der Waals surface area contributed by atoms with Gasteiger partial charge in [0.25, 0.3) is 0 Å². The molecule has 1 aromatic heterocycles. The van der Waals surface area contributed by atoms with Gasteiger partial charge in [-0.15, -0.1) is 11.6 Å². The molecule has 0 radical (unpaired) electrons. The normalized spacial score (nSPS) is 12.1. The molecule has 1 heterocycles. The summed E-state index contributed by atoms with van der Waals surface area (Å²) in [6.45, 7) is 1.90. The lowest BCUT2D eigenvalue weighted by Gasteiger charge is -2.31. The number of anilines is 1. The van der Waals surface area contributed by atoms with Crippen LogP contribution in [0.15, 0.2) is 79.0 Å². The number of nitrogens with one attached hydrogen (secondary N) is 2. The first-order chi connectivity index (χ1) is 19.6. The molecule has 0 aliphatic rings. The minimum Gasteiger partial charge on any atom is -0.462 e. The topological polar surface area (TPSA) is 91.5 Å². The van der Waals surface area contributed by atoms with Crippen molar-refractivity contribution in [2.24, 2.45) is 0 Å². The van der Waals surface area contributed by atoms with E-state index in [0.717, 1.165) is 17.6 Å². The number of fused-ring (bicyclic) bond motifs is 1. The number of hydrogen-bond acceptors (Lipinski definition) is 4. The fraction of sp³-hybridized carbons (Fsp3) is 0.233. The Morgan fingerprint density at radius 3 is 2.44 bits per heavy atom. The summed E-state index contributed by atoms with van der Waals surface area (Å²) < 4.78 is 44.4. The minimum atomic E-state index is -4.48. The molecule has 1 atom stereocenters. The molecule has 2 amide bonds. The second-order valence-corrected chi connectivity index (χ2v) is 9.36. The van der Waals surface area contributed by atoms with E-state index >= 15 is 0 Å². The fourth-order valence-electron chi connectivity index (χ4n) is 4.52. The average Bonchev–Trinajstić information content (AvgIpc) is 3.39. The first kappa shape index (κ1) is 29.7. The zero-order valence-corrected chi connectivity index (χ0v) is 22.8. The summed E-state index contributed by atoms with van der Waals surface area (Å²) in [5, 5.41) is 3.47. The molecule has 41 heavy (non-hydrogen) atoms. The number of para-hydroxylation sites is 1. The molecule has 11 heteroatoms. The molecule has 1 unspecified atom stereocenters. The maximum atomic E-state index is 13.8. The van der Waals surface area contributed by atoms with Gasteiger partial charge in [-0.3, -0.25) is 14.5 Å². The largest absolute Gasteiger partial charge is 0.462 e. The van der Waals surface area contributed by atoms with Crippen LogP contribution in [-0.4, -0.2) is 41.8 Å². The highest BCUT2D eigenvalue weighted by atomic mass is 35.5. The third-order valence-electron chi connectivity index (χ3n) is 6.43. The number of nitrogens with zero attached hydrogens (tertiary/aromatic N) is 1. The number of rotatable bonds is 10. The van der Waals surface area contributed by atoms with Gasteiger partial charge < -0.3 is 15.0 Å². The zero-order chi connectivity index (χ0) is 29.6. The van der Waals surface area contributed by atoms with Gasteiger partial charge in [-0.1, -0.05) is 36.4 Å². The maximum Gasteiger partial charge on any atom is 0.416 e. The molecule has 4 rings (SSSR count). The zero-order valence-electron chi connectivity index (χ0n) is 22.0. The average molecular weight is 586 g/mol. The van der Waals surface area contributed by atoms with Crippen molar-refractivity contribution < 1.29 is 32.3 Å². The van der Waals surface area contributed by atoms with E-state index < -0.39 is 41.4 Å². The van der Waals surface area contributed by atoms with Crippen LogP contribution in [0.25, 0.3) is 10.9 Å². The number of hydrogen-bond donors (Lipinski definition) is 2. The summed E-state index contributed by atoms with van der Waals surface area (Å²) in [6, 6.07) is 17.0. The Labute approximate surface area is 239 Å². The Hall–Kier alpha value is -4.31. The van der Waals surface area contributed by atoms with E-state index in [2.05, 4.69) is 10.3 Å². The van der Waals surface area contributed by atoms with Crippen LogP contribution < -0.4 is 10.2 Å². The first-order valence-electron chi connectivity index (χ1n) is 12.8. The van der Waals surface area contributed by atoms with Crippen molar-refractivity contribution in [2.45, 2.75) is 25.6 Å². The van der Waals surface area contributed by atoms with E-state index in [-0.39, 0.29) is 25.1 Å². The third kappa shape index (κ3) is 6.89. The molecule has 0 fully saturated rings. The van der Waals surface area contributed by atoms with Gasteiger partial charge in [-0.25, -0.2) is 4.79 Å². The van der Waals surface area contributed by atoms with Crippen LogP contribution in [0.5, 0.6) is 0 Å². The number of aromatic amines is 1. The molecule has 3 aromatic carbocycles.